The number of aliphatic hydroxyl groups is 1. The Balaban J connectivity index is 2.03. The molecule has 6 heteroatoms. The van der Waals surface area contributed by atoms with Crippen molar-refractivity contribution in [3.05, 3.63) is 11.9 Å². The third-order valence-corrected chi connectivity index (χ3v) is 3.63. The van der Waals surface area contributed by atoms with Crippen molar-refractivity contribution in [3.8, 4) is 0 Å². The second-order valence-corrected chi connectivity index (χ2v) is 5.53. The van der Waals surface area contributed by atoms with E-state index in [0.717, 1.165) is 36.8 Å². The highest BCUT2D eigenvalue weighted by Crippen LogP contribution is 2.21. The first kappa shape index (κ1) is 16.0. The zero-order chi connectivity index (χ0) is 15.1. The number of hydrogen-bond acceptors (Lipinski definition) is 6. The Labute approximate surface area is 126 Å². The van der Waals surface area contributed by atoms with Crippen LogP contribution in [0, 0.1) is 0 Å². The summed E-state index contributed by atoms with van der Waals surface area (Å²) < 4.78 is 5.30. The molecule has 0 saturated carbocycles. The molecule has 0 bridgehead atoms. The molecule has 2 heterocycles. The highest BCUT2D eigenvalue weighted by atomic mass is 16.5. The van der Waals surface area contributed by atoms with Crippen LogP contribution in [-0.2, 0) is 11.2 Å². The minimum absolute atomic E-state index is 0.491. The summed E-state index contributed by atoms with van der Waals surface area (Å²) in [6, 6.07) is 1.89. The van der Waals surface area contributed by atoms with Crippen LogP contribution in [0.15, 0.2) is 6.07 Å². The Hall–Kier alpha value is -1.40. The van der Waals surface area contributed by atoms with Gasteiger partial charge in [0.2, 0.25) is 0 Å². The SMILES string of the molecule is CCCc1nc(NCC)cc(NCC2(O)CCOCC2)n1. The molecule has 118 valence electrons. The fraction of sp³-hybridized carbons (Fsp3) is 0.733. The van der Waals surface area contributed by atoms with E-state index in [4.69, 9.17) is 4.74 Å². The molecule has 0 radical (unpaired) electrons. The van der Waals surface area contributed by atoms with Gasteiger partial charge in [0.05, 0.1) is 5.60 Å². The molecule has 0 aliphatic carbocycles. The van der Waals surface area contributed by atoms with Crippen molar-refractivity contribution >= 4 is 11.6 Å². The number of nitrogens with zero attached hydrogens (tertiary/aromatic N) is 2. The zero-order valence-corrected chi connectivity index (χ0v) is 13.0. The molecule has 3 N–H and O–H groups in total. The van der Waals surface area contributed by atoms with Crippen LogP contribution in [0.2, 0.25) is 0 Å². The normalized spacial score (nSPS) is 17.5. The summed E-state index contributed by atoms with van der Waals surface area (Å²) in [4.78, 5) is 9.00. The summed E-state index contributed by atoms with van der Waals surface area (Å²) in [5.74, 6) is 2.43. The minimum Gasteiger partial charge on any atom is -0.388 e. The number of aromatic nitrogens is 2. The largest absolute Gasteiger partial charge is 0.388 e. The molecule has 1 aromatic rings. The van der Waals surface area contributed by atoms with E-state index >= 15 is 0 Å². The number of aryl methyl sites for hydroxylation is 1. The van der Waals surface area contributed by atoms with Crippen LogP contribution in [0.4, 0.5) is 11.6 Å². The molecular formula is C15H26N4O2. The van der Waals surface area contributed by atoms with Crippen molar-refractivity contribution in [2.45, 2.75) is 45.1 Å². The number of hydrogen-bond donors (Lipinski definition) is 3. The van der Waals surface area contributed by atoms with Crippen molar-refractivity contribution in [3.63, 3.8) is 0 Å². The third-order valence-electron chi connectivity index (χ3n) is 3.63. The molecule has 1 aliphatic rings. The zero-order valence-electron chi connectivity index (χ0n) is 13.0. The first-order valence-corrected chi connectivity index (χ1v) is 7.81. The molecule has 0 atom stereocenters. The summed E-state index contributed by atoms with van der Waals surface area (Å²) in [7, 11) is 0. The van der Waals surface area contributed by atoms with E-state index in [-0.39, 0.29) is 0 Å². The average Bonchev–Trinajstić information content (AvgIpc) is 2.47. The Kier molecular flexibility index (Phi) is 5.76. The highest BCUT2D eigenvalue weighted by Gasteiger charge is 2.29. The molecule has 1 aromatic heterocycles. The van der Waals surface area contributed by atoms with Crippen molar-refractivity contribution in [2.75, 3.05) is 36.9 Å². The molecule has 2 rings (SSSR count). The number of rotatable bonds is 7. The monoisotopic (exact) mass is 294 g/mol. The van der Waals surface area contributed by atoms with Crippen LogP contribution in [0.5, 0.6) is 0 Å². The topological polar surface area (TPSA) is 79.3 Å². The Bertz CT molecular complexity index is 423. The average molecular weight is 294 g/mol. The van der Waals surface area contributed by atoms with Gasteiger partial charge in [-0.3, -0.25) is 0 Å². The van der Waals surface area contributed by atoms with Gasteiger partial charge in [-0.1, -0.05) is 6.92 Å². The first-order chi connectivity index (χ1) is 10.1. The van der Waals surface area contributed by atoms with Crippen LogP contribution < -0.4 is 10.6 Å². The smallest absolute Gasteiger partial charge is 0.133 e. The Morgan fingerprint density at radius 2 is 1.86 bits per heavy atom. The summed E-state index contributed by atoms with van der Waals surface area (Å²) in [6.07, 6.45) is 3.18. The van der Waals surface area contributed by atoms with Gasteiger partial charge in [0.1, 0.15) is 17.5 Å². The van der Waals surface area contributed by atoms with Crippen LogP contribution in [-0.4, -0.2) is 47.0 Å². The van der Waals surface area contributed by atoms with E-state index in [1.54, 1.807) is 0 Å². The summed E-state index contributed by atoms with van der Waals surface area (Å²) in [6.45, 7) is 6.70. The van der Waals surface area contributed by atoms with Gasteiger partial charge in [-0.15, -0.1) is 0 Å². The second kappa shape index (κ2) is 7.56. The van der Waals surface area contributed by atoms with Gasteiger partial charge in [0.25, 0.3) is 0 Å². The molecule has 21 heavy (non-hydrogen) atoms. The standard InChI is InChI=1S/C15H26N4O2/c1-3-5-12-18-13(16-4-2)10-14(19-12)17-11-15(20)6-8-21-9-7-15/h10,20H,3-9,11H2,1-2H3,(H2,16,17,18,19). The molecule has 1 aliphatic heterocycles. The maximum atomic E-state index is 10.5. The van der Waals surface area contributed by atoms with Gasteiger partial charge in [0.15, 0.2) is 0 Å². The number of ether oxygens (including phenoxy) is 1. The van der Waals surface area contributed by atoms with Crippen molar-refractivity contribution in [1.82, 2.24) is 9.97 Å². The molecule has 0 aromatic carbocycles. The highest BCUT2D eigenvalue weighted by molar-refractivity contribution is 5.47. The van der Waals surface area contributed by atoms with E-state index in [2.05, 4.69) is 27.5 Å². The Morgan fingerprint density at radius 3 is 2.48 bits per heavy atom. The maximum absolute atomic E-state index is 10.5. The minimum atomic E-state index is -0.702. The van der Waals surface area contributed by atoms with Crippen LogP contribution in [0.25, 0.3) is 0 Å². The quantitative estimate of drug-likeness (QED) is 0.712. The van der Waals surface area contributed by atoms with E-state index < -0.39 is 5.60 Å². The van der Waals surface area contributed by atoms with Gasteiger partial charge in [0, 0.05) is 51.6 Å². The van der Waals surface area contributed by atoms with Gasteiger partial charge in [-0.2, -0.15) is 0 Å². The van der Waals surface area contributed by atoms with Crippen molar-refractivity contribution < 1.29 is 9.84 Å². The maximum Gasteiger partial charge on any atom is 0.133 e. The fourth-order valence-electron chi connectivity index (χ4n) is 2.38. The second-order valence-electron chi connectivity index (χ2n) is 5.53. The van der Waals surface area contributed by atoms with Crippen LogP contribution in [0.3, 0.4) is 0 Å². The fourth-order valence-corrected chi connectivity index (χ4v) is 2.38. The number of nitrogens with one attached hydrogen (secondary N) is 2. The molecule has 1 saturated heterocycles. The van der Waals surface area contributed by atoms with E-state index in [1.165, 1.54) is 0 Å². The van der Waals surface area contributed by atoms with Crippen molar-refractivity contribution in [1.29, 1.82) is 0 Å². The lowest BCUT2D eigenvalue weighted by Crippen LogP contribution is -2.42. The summed E-state index contributed by atoms with van der Waals surface area (Å²) in [5.41, 5.74) is -0.702. The van der Waals surface area contributed by atoms with Gasteiger partial charge < -0.3 is 20.5 Å². The lowest BCUT2D eigenvalue weighted by molar-refractivity contribution is -0.0543. The lowest BCUT2D eigenvalue weighted by Gasteiger charge is -2.32. The van der Waals surface area contributed by atoms with Crippen molar-refractivity contribution in [2.24, 2.45) is 0 Å². The van der Waals surface area contributed by atoms with Gasteiger partial charge in [-0.05, 0) is 13.3 Å². The molecule has 1 fully saturated rings. The first-order valence-electron chi connectivity index (χ1n) is 7.81. The molecule has 0 spiro atoms. The van der Waals surface area contributed by atoms with E-state index in [1.807, 2.05) is 13.0 Å². The molecule has 0 unspecified atom stereocenters. The van der Waals surface area contributed by atoms with Crippen LogP contribution in [0.1, 0.15) is 38.9 Å². The summed E-state index contributed by atoms with van der Waals surface area (Å²) in [5, 5.41) is 17.0. The molecular weight excluding hydrogens is 268 g/mol. The third kappa shape index (κ3) is 4.82. The van der Waals surface area contributed by atoms with E-state index in [9.17, 15) is 5.11 Å². The van der Waals surface area contributed by atoms with Gasteiger partial charge >= 0.3 is 0 Å². The summed E-state index contributed by atoms with van der Waals surface area (Å²) >= 11 is 0. The Morgan fingerprint density at radius 1 is 1.19 bits per heavy atom. The predicted octanol–water partition coefficient (Wildman–Crippen LogP) is 1.81. The molecule has 0 amide bonds. The van der Waals surface area contributed by atoms with E-state index in [0.29, 0.717) is 32.6 Å². The predicted molar refractivity (Wildman–Crippen MR) is 83.7 cm³/mol. The lowest BCUT2D eigenvalue weighted by atomic mass is 9.94. The van der Waals surface area contributed by atoms with Gasteiger partial charge in [-0.25, -0.2) is 9.97 Å². The molecule has 6 nitrogen and oxygen atoms in total. The van der Waals surface area contributed by atoms with Crippen LogP contribution >= 0.6 is 0 Å². The number of anilines is 2.